The van der Waals surface area contributed by atoms with Gasteiger partial charge in [-0.05, 0) is 69.4 Å². The molecule has 2 rings (SSSR count). The molecular weight excluding hydrogens is 528 g/mol. The molecule has 0 N–H and O–H groups in total. The van der Waals surface area contributed by atoms with E-state index in [9.17, 15) is 0 Å². The van der Waals surface area contributed by atoms with Gasteiger partial charge in [0.05, 0.1) is 0 Å². The number of rotatable bonds is 5. The molecule has 0 aliphatic rings. The predicted octanol–water partition coefficient (Wildman–Crippen LogP) is 13.3. The largest absolute Gasteiger partial charge is 0.442 e. The smallest absolute Gasteiger partial charge is 0.211 e. The molecule has 0 spiro atoms. The van der Waals surface area contributed by atoms with E-state index in [4.69, 9.17) is 9.53 Å². The molecule has 2 aromatic rings. The summed E-state index contributed by atoms with van der Waals surface area (Å²) in [7, 11) is 0. The van der Waals surface area contributed by atoms with Gasteiger partial charge in [-0.1, -0.05) is 151 Å². The summed E-state index contributed by atoms with van der Waals surface area (Å²) in [5.74, 6) is 1.75. The minimum atomic E-state index is 0.408. The standard InChI is InChI=1S/C14H20N2O.C9H12.2C4H10.C3H8.2C2H6.CH2O/c1-10(2)12(4)15-16-13(5)17-14-8-6-7-11(3)9-14;1-7-4-5-8(2)9(3)6-7;2*1-3-4-2;1-3-2;3*1-2/h6-10H,1-5H3;4-6H,1-3H3;2*3-4H2,1-2H3;3H2,1-2H3;2*1-2H3;1H2/b15-12+,16-13+;;;;;;;. The van der Waals surface area contributed by atoms with Gasteiger partial charge in [-0.2, -0.15) is 5.10 Å². The highest BCUT2D eigenvalue weighted by Crippen LogP contribution is 2.13. The minimum Gasteiger partial charge on any atom is -0.442 e. The summed E-state index contributed by atoms with van der Waals surface area (Å²) in [6, 6.07) is 14.4. The van der Waals surface area contributed by atoms with Gasteiger partial charge in [-0.3, -0.25) is 0 Å². The molecule has 0 aromatic heterocycles. The molecule has 0 radical (unpaired) electrons. The minimum absolute atomic E-state index is 0.408. The van der Waals surface area contributed by atoms with Crippen molar-refractivity contribution in [3.8, 4) is 5.75 Å². The van der Waals surface area contributed by atoms with Gasteiger partial charge in [0.1, 0.15) is 12.5 Å². The normalized spacial score (nSPS) is 9.37. The van der Waals surface area contributed by atoms with Crippen LogP contribution in [0.5, 0.6) is 5.75 Å². The molecule has 0 saturated carbocycles. The first kappa shape index (κ1) is 52.9. The summed E-state index contributed by atoms with van der Waals surface area (Å²) in [6.07, 6.45) is 6.53. The summed E-state index contributed by atoms with van der Waals surface area (Å²) < 4.78 is 5.57. The van der Waals surface area contributed by atoms with Crippen LogP contribution in [-0.2, 0) is 4.79 Å². The van der Waals surface area contributed by atoms with Crippen LogP contribution in [0.15, 0.2) is 52.7 Å². The van der Waals surface area contributed by atoms with Crippen molar-refractivity contribution in [3.05, 3.63) is 64.7 Å². The van der Waals surface area contributed by atoms with Crippen molar-refractivity contribution in [2.45, 2.75) is 157 Å². The van der Waals surface area contributed by atoms with Crippen molar-refractivity contribution in [2.75, 3.05) is 0 Å². The van der Waals surface area contributed by atoms with Crippen LogP contribution in [0.3, 0.4) is 0 Å². The molecule has 0 atom stereocenters. The number of ether oxygens (including phenoxy) is 1. The number of carbonyl (C=O) groups is 1. The van der Waals surface area contributed by atoms with Gasteiger partial charge < -0.3 is 9.53 Å². The number of benzene rings is 2. The third-order valence-electron chi connectivity index (χ3n) is 5.10. The van der Waals surface area contributed by atoms with Crippen LogP contribution in [-0.4, -0.2) is 18.4 Å². The number of nitrogens with zero attached hydrogens (tertiary/aromatic N) is 2. The maximum Gasteiger partial charge on any atom is 0.211 e. The third-order valence-corrected chi connectivity index (χ3v) is 5.10. The Morgan fingerprint density at radius 2 is 1.09 bits per heavy atom. The molecule has 4 heteroatoms. The summed E-state index contributed by atoms with van der Waals surface area (Å²) in [6.45, 7) is 39.3. The lowest BCUT2D eigenvalue weighted by atomic mass is 10.1. The van der Waals surface area contributed by atoms with Gasteiger partial charge in [0.25, 0.3) is 0 Å². The van der Waals surface area contributed by atoms with E-state index in [1.165, 1.54) is 48.8 Å². The Kier molecular flexibility index (Phi) is 53.7. The van der Waals surface area contributed by atoms with Crippen molar-refractivity contribution >= 4 is 18.4 Å². The van der Waals surface area contributed by atoms with Gasteiger partial charge in [-0.15, -0.1) is 5.10 Å². The van der Waals surface area contributed by atoms with Crippen molar-refractivity contribution in [3.63, 3.8) is 0 Å². The average molecular weight is 603 g/mol. The maximum absolute atomic E-state index is 8.00. The van der Waals surface area contributed by atoms with Crippen LogP contribution in [0.2, 0.25) is 0 Å². The second kappa shape index (κ2) is 43.7. The fourth-order valence-electron chi connectivity index (χ4n) is 2.03. The second-order valence-electron chi connectivity index (χ2n) is 9.73. The molecule has 0 unspecified atom stereocenters. The highest BCUT2D eigenvalue weighted by atomic mass is 16.5. The van der Waals surface area contributed by atoms with Gasteiger partial charge in [-0.25, -0.2) is 0 Å². The molecule has 0 saturated heterocycles. The van der Waals surface area contributed by atoms with Crippen LogP contribution in [0.1, 0.15) is 151 Å². The lowest BCUT2D eigenvalue weighted by Gasteiger charge is -2.05. The SMILES string of the molecule is C/C(=N\N=C(/C)C(C)C)Oc1cccc(C)c1.C=O.CC.CC.CCC.CCCC.CCCC.Cc1ccc(C)c(C)c1. The van der Waals surface area contributed by atoms with Crippen molar-refractivity contribution in [1.82, 2.24) is 0 Å². The summed E-state index contributed by atoms with van der Waals surface area (Å²) in [5, 5.41) is 8.17. The maximum atomic E-state index is 8.00. The first-order valence-electron chi connectivity index (χ1n) is 16.6. The van der Waals surface area contributed by atoms with Gasteiger partial charge >= 0.3 is 0 Å². The fourth-order valence-corrected chi connectivity index (χ4v) is 2.03. The molecule has 2 aromatic carbocycles. The zero-order valence-corrected chi connectivity index (χ0v) is 32.1. The van der Waals surface area contributed by atoms with E-state index in [-0.39, 0.29) is 0 Å². The Labute approximate surface area is 270 Å². The number of hydrogen-bond donors (Lipinski definition) is 0. The van der Waals surface area contributed by atoms with Crippen molar-refractivity contribution in [2.24, 2.45) is 16.1 Å². The second-order valence-corrected chi connectivity index (χ2v) is 9.73. The van der Waals surface area contributed by atoms with Crippen LogP contribution >= 0.6 is 0 Å². The molecular formula is C39H74N2O2. The van der Waals surface area contributed by atoms with Gasteiger partial charge in [0, 0.05) is 12.6 Å². The van der Waals surface area contributed by atoms with E-state index in [0.717, 1.165) is 17.0 Å². The number of carbonyl (C=O) groups excluding carboxylic acids is 1. The van der Waals surface area contributed by atoms with E-state index in [1.54, 1.807) is 6.92 Å². The molecule has 252 valence electrons. The molecule has 0 heterocycles. The average Bonchev–Trinajstić information content (AvgIpc) is 3.02. The third kappa shape index (κ3) is 43.8. The van der Waals surface area contributed by atoms with Crippen molar-refractivity contribution in [1.29, 1.82) is 0 Å². The Bertz CT molecular complexity index is 863. The molecule has 0 bridgehead atoms. The van der Waals surface area contributed by atoms with E-state index in [2.05, 4.69) is 105 Å². The van der Waals surface area contributed by atoms with Gasteiger partial charge in [0.2, 0.25) is 5.90 Å². The van der Waals surface area contributed by atoms with E-state index >= 15 is 0 Å². The molecule has 0 amide bonds. The zero-order chi connectivity index (χ0) is 35.2. The number of hydrogen-bond acceptors (Lipinski definition) is 4. The predicted molar refractivity (Wildman–Crippen MR) is 200 cm³/mol. The molecule has 0 aliphatic heterocycles. The van der Waals surface area contributed by atoms with E-state index in [1.807, 2.05) is 72.6 Å². The topological polar surface area (TPSA) is 51.0 Å². The van der Waals surface area contributed by atoms with Crippen LogP contribution in [0, 0.1) is 33.6 Å². The van der Waals surface area contributed by atoms with Crippen molar-refractivity contribution < 1.29 is 9.53 Å². The Morgan fingerprint density at radius 1 is 0.674 bits per heavy atom. The lowest BCUT2D eigenvalue weighted by Crippen LogP contribution is -2.05. The number of unbranched alkanes of at least 4 members (excludes halogenated alkanes) is 2. The quantitative estimate of drug-likeness (QED) is 0.194. The summed E-state index contributed by atoms with van der Waals surface area (Å²) >= 11 is 0. The van der Waals surface area contributed by atoms with Gasteiger partial charge in [0.15, 0.2) is 0 Å². The Morgan fingerprint density at radius 3 is 1.42 bits per heavy atom. The van der Waals surface area contributed by atoms with E-state index < -0.39 is 0 Å². The monoisotopic (exact) mass is 603 g/mol. The first-order chi connectivity index (χ1) is 20.4. The lowest BCUT2D eigenvalue weighted by molar-refractivity contribution is -0.0980. The first-order valence-corrected chi connectivity index (χ1v) is 16.6. The molecule has 43 heavy (non-hydrogen) atoms. The van der Waals surface area contributed by atoms with Crippen LogP contribution in [0.25, 0.3) is 0 Å². The molecule has 4 nitrogen and oxygen atoms in total. The van der Waals surface area contributed by atoms with Crippen LogP contribution in [0.4, 0.5) is 0 Å². The highest BCUT2D eigenvalue weighted by Gasteiger charge is 1.99. The zero-order valence-electron chi connectivity index (χ0n) is 32.1. The fraction of sp³-hybridized carbons (Fsp3) is 0.615. The Balaban J connectivity index is -0.000000111. The van der Waals surface area contributed by atoms with Crippen LogP contribution < -0.4 is 4.74 Å². The van der Waals surface area contributed by atoms with E-state index in [0.29, 0.717) is 11.8 Å². The number of aryl methyl sites for hydroxylation is 4. The highest BCUT2D eigenvalue weighted by molar-refractivity contribution is 5.85. The molecule has 0 aliphatic carbocycles. The Hall–Kier alpha value is -2.75. The molecule has 0 fully saturated rings. The summed E-state index contributed by atoms with van der Waals surface area (Å²) in [4.78, 5) is 8.00. The summed E-state index contributed by atoms with van der Waals surface area (Å²) in [5.41, 5.74) is 6.27.